The van der Waals surface area contributed by atoms with Gasteiger partial charge in [-0.2, -0.15) is 0 Å². The number of hydrogen-bond acceptors (Lipinski definition) is 3. The van der Waals surface area contributed by atoms with Gasteiger partial charge in [0.2, 0.25) is 0 Å². The maximum absolute atomic E-state index is 2.92. The monoisotopic (exact) mass is 1380 g/mol. The van der Waals surface area contributed by atoms with E-state index in [0.717, 1.165) is 67.7 Å². The third-order valence-corrected chi connectivity index (χ3v) is 24.5. The van der Waals surface area contributed by atoms with E-state index in [2.05, 4.69) is 392 Å². The number of nitrogens with zero attached hydrogens (tertiary/aromatic N) is 4. The summed E-state index contributed by atoms with van der Waals surface area (Å²) in [5, 5.41) is 2.43. The summed E-state index contributed by atoms with van der Waals surface area (Å²) < 4.78 is 2.56. The lowest BCUT2D eigenvalue weighted by atomic mass is 9.33. The number of aromatic nitrogens is 1. The summed E-state index contributed by atoms with van der Waals surface area (Å²) in [4.78, 5) is 8.46. The number of fused-ring (bicyclic) bond motifs is 7. The summed E-state index contributed by atoms with van der Waals surface area (Å²) >= 11 is 0. The van der Waals surface area contributed by atoms with Crippen molar-refractivity contribution in [2.24, 2.45) is 11.8 Å². The Hall–Kier alpha value is -12.4. The highest BCUT2D eigenvalue weighted by molar-refractivity contribution is 7.00. The van der Waals surface area contributed by atoms with E-state index in [-0.39, 0.29) is 12.1 Å². The summed E-state index contributed by atoms with van der Waals surface area (Å²) in [5.74, 6) is 1.63. The summed E-state index contributed by atoms with van der Waals surface area (Å²) in [6, 6.07) is 135. The zero-order valence-corrected chi connectivity index (χ0v) is 61.2. The molecular formula is C103H81BN4. The van der Waals surface area contributed by atoms with Crippen molar-refractivity contribution in [3.05, 3.63) is 357 Å². The van der Waals surface area contributed by atoms with Gasteiger partial charge in [-0.3, -0.25) is 0 Å². The molecule has 4 aliphatic heterocycles. The van der Waals surface area contributed by atoms with E-state index >= 15 is 0 Å². The van der Waals surface area contributed by atoms with E-state index in [1.54, 1.807) is 0 Å². The van der Waals surface area contributed by atoms with Crippen molar-refractivity contribution in [2.75, 3.05) is 14.7 Å². The van der Waals surface area contributed by atoms with Crippen molar-refractivity contribution >= 4 is 84.7 Å². The second-order valence-corrected chi connectivity index (χ2v) is 32.0. The van der Waals surface area contributed by atoms with Crippen LogP contribution in [0.3, 0.4) is 0 Å². The lowest BCUT2D eigenvalue weighted by Crippen LogP contribution is -2.62. The molecule has 0 amide bonds. The van der Waals surface area contributed by atoms with Crippen LogP contribution < -0.4 is 31.1 Å². The number of rotatable bonds is 12. The van der Waals surface area contributed by atoms with Crippen molar-refractivity contribution in [2.45, 2.75) is 70.4 Å². The quantitative estimate of drug-likeness (QED) is 0.113. The summed E-state index contributed by atoms with van der Waals surface area (Å²) in [6.07, 6.45) is 6.50. The Morgan fingerprint density at radius 3 is 0.954 bits per heavy atom. The molecule has 0 unspecified atom stereocenters. The van der Waals surface area contributed by atoms with Crippen LogP contribution in [0, 0.1) is 11.8 Å². The molecule has 2 aliphatic carbocycles. The maximum Gasteiger partial charge on any atom is 0.252 e. The number of hydrogen-bond donors (Lipinski definition) is 0. The SMILES string of the molecule is CC(C)(C)c1cc2c3c(c1)N(c1c(-c4ccccc4)cc(-c4ccccc4)cc1-c1ccccc1)c1cc(-n4c5ccc(-c6ccccc6)cc5c5cc(-c6ccccc6)ccc54)ccc1B3c1ccc(N3C4CC5CC(C4)CC3C5)cc1N2c1c(-c2ccccc2)cc(-c2ccccc2)cc1-c1ccccc1. The van der Waals surface area contributed by atoms with Crippen molar-refractivity contribution in [1.82, 2.24) is 4.57 Å². The van der Waals surface area contributed by atoms with Gasteiger partial charge in [-0.25, -0.2) is 0 Å². The lowest BCUT2D eigenvalue weighted by Gasteiger charge is -2.57. The Morgan fingerprint density at radius 2 is 0.602 bits per heavy atom. The normalized spacial score (nSPS) is 16.8. The van der Waals surface area contributed by atoms with Crippen LogP contribution in [-0.4, -0.2) is 23.4 Å². The van der Waals surface area contributed by atoms with Gasteiger partial charge in [-0.15, -0.1) is 0 Å². The first-order valence-electron chi connectivity index (χ1n) is 38.9. The van der Waals surface area contributed by atoms with E-state index in [1.165, 1.54) is 154 Å². The lowest BCUT2D eigenvalue weighted by molar-refractivity contribution is 0.0900. The fraction of sp³-hybridized carbons (Fsp3) is 0.126. The second kappa shape index (κ2) is 25.7. The molecule has 516 valence electrons. The van der Waals surface area contributed by atoms with Gasteiger partial charge < -0.3 is 19.3 Å². The molecule has 108 heavy (non-hydrogen) atoms. The Morgan fingerprint density at radius 1 is 0.278 bits per heavy atom. The standard InChI is InChI=1S/C103H81BN4/c1-103(2,3)81-63-98-100-99(64-81)108(102-88(75-40-24-10-25-41-75)61-80(72-34-18-7-19-35-72)62-89(102)76-42-26-11-27-43-76)97-66-83(106-94-50-44-77(69-28-12-4-13-29-69)57-90(94)91-58-78(45-51-95(91)106)70-30-14-5-15-31-70)47-49-93(97)104(100)92-48-46-82(105-84-53-67-52-68(55-84)56-85(105)54-67)65-96(92)107(98)101-86(73-36-20-8-21-37-73)59-79(71-32-16-6-17-33-71)60-87(101)74-38-22-9-23-39-74/h4-51,57-68,84-85H,52-56H2,1-3H3. The van der Waals surface area contributed by atoms with Crippen molar-refractivity contribution < 1.29 is 0 Å². The molecule has 0 spiro atoms. The van der Waals surface area contributed by atoms with Crippen LogP contribution in [0.25, 0.3) is 117 Å². The van der Waals surface area contributed by atoms with Crippen molar-refractivity contribution in [1.29, 1.82) is 0 Å². The van der Waals surface area contributed by atoms with E-state index in [0.29, 0.717) is 12.1 Å². The highest BCUT2D eigenvalue weighted by Gasteiger charge is 2.50. The minimum Gasteiger partial charge on any atom is -0.365 e. The van der Waals surface area contributed by atoms with Crippen molar-refractivity contribution in [3.63, 3.8) is 0 Å². The van der Waals surface area contributed by atoms with Crippen LogP contribution in [0.2, 0.25) is 0 Å². The predicted molar refractivity (Wildman–Crippen MR) is 457 cm³/mol. The largest absolute Gasteiger partial charge is 0.365 e. The molecule has 4 fully saturated rings. The van der Waals surface area contributed by atoms with Gasteiger partial charge in [-0.1, -0.05) is 288 Å². The van der Waals surface area contributed by atoms with Gasteiger partial charge in [0.1, 0.15) is 0 Å². The molecule has 4 nitrogen and oxygen atoms in total. The van der Waals surface area contributed by atoms with Crippen LogP contribution in [0.1, 0.15) is 58.4 Å². The van der Waals surface area contributed by atoms with E-state index < -0.39 is 0 Å². The molecule has 2 saturated carbocycles. The molecule has 4 bridgehead atoms. The molecule has 6 aliphatic rings. The minimum atomic E-state index is -0.321. The fourth-order valence-corrected chi connectivity index (χ4v) is 19.8. The van der Waals surface area contributed by atoms with Crippen molar-refractivity contribution in [3.8, 4) is 94.7 Å². The molecule has 2 saturated heterocycles. The Kier molecular flexibility index (Phi) is 15.2. The van der Waals surface area contributed by atoms with Gasteiger partial charge in [0.05, 0.1) is 22.4 Å². The first-order chi connectivity index (χ1) is 53.2. The first-order valence-corrected chi connectivity index (χ1v) is 38.9. The van der Waals surface area contributed by atoms with E-state index in [1.807, 2.05) is 0 Å². The average Bonchev–Trinajstić information content (AvgIpc) is 0.746. The van der Waals surface area contributed by atoms with Gasteiger partial charge in [0.25, 0.3) is 6.71 Å². The molecule has 5 heteroatoms. The molecule has 0 radical (unpaired) electrons. The number of piperidine rings is 2. The van der Waals surface area contributed by atoms with Gasteiger partial charge in [-0.05, 0) is 223 Å². The number of anilines is 7. The third kappa shape index (κ3) is 10.7. The predicted octanol–water partition coefficient (Wildman–Crippen LogP) is 25.3. The highest BCUT2D eigenvalue weighted by atomic mass is 15.2. The molecule has 16 aromatic rings. The molecule has 5 heterocycles. The van der Waals surface area contributed by atoms with Crippen LogP contribution in [0.15, 0.2) is 352 Å². The second-order valence-electron chi connectivity index (χ2n) is 32.0. The molecule has 0 N–H and O–H groups in total. The zero-order valence-electron chi connectivity index (χ0n) is 61.2. The maximum atomic E-state index is 2.92. The van der Waals surface area contributed by atoms with Gasteiger partial charge >= 0.3 is 0 Å². The van der Waals surface area contributed by atoms with Gasteiger partial charge in [0.15, 0.2) is 0 Å². The average molecular weight is 1390 g/mol. The Labute approximate surface area is 634 Å². The molecular weight excluding hydrogens is 1300 g/mol. The summed E-state index contributed by atoms with van der Waals surface area (Å²) in [7, 11) is 0. The van der Waals surface area contributed by atoms with E-state index in [4.69, 9.17) is 0 Å². The molecule has 1 aromatic heterocycles. The first kappa shape index (κ1) is 64.0. The van der Waals surface area contributed by atoms with E-state index in [9.17, 15) is 0 Å². The Bertz CT molecular complexity index is 5900. The minimum absolute atomic E-state index is 0.203. The Balaban J connectivity index is 0.908. The van der Waals surface area contributed by atoms with Crippen LogP contribution in [0.4, 0.5) is 39.8 Å². The third-order valence-electron chi connectivity index (χ3n) is 24.5. The van der Waals surface area contributed by atoms with Gasteiger partial charge in [0, 0.05) is 79.2 Å². The molecule has 0 atom stereocenters. The van der Waals surface area contributed by atoms with Crippen LogP contribution >= 0.6 is 0 Å². The highest BCUT2D eigenvalue weighted by Crippen LogP contribution is 2.57. The molecule has 22 rings (SSSR count). The summed E-state index contributed by atoms with van der Waals surface area (Å²) in [6.45, 7) is 7.06. The molecule has 15 aromatic carbocycles. The fourth-order valence-electron chi connectivity index (χ4n) is 19.8. The topological polar surface area (TPSA) is 14.7 Å². The van der Waals surface area contributed by atoms with Crippen LogP contribution in [0.5, 0.6) is 0 Å². The zero-order chi connectivity index (χ0) is 71.7. The summed E-state index contributed by atoms with van der Waals surface area (Å²) in [5.41, 5.74) is 35.3. The number of benzene rings is 15. The van der Waals surface area contributed by atoms with Crippen LogP contribution in [-0.2, 0) is 5.41 Å². The smallest absolute Gasteiger partial charge is 0.252 e.